The van der Waals surface area contributed by atoms with Crippen LogP contribution in [0.2, 0.25) is 0 Å². The van der Waals surface area contributed by atoms with E-state index in [-0.39, 0.29) is 48.9 Å². The summed E-state index contributed by atoms with van der Waals surface area (Å²) in [5, 5.41) is 13.0. The number of aromatic nitrogens is 2. The Morgan fingerprint density at radius 3 is 2.33 bits per heavy atom. The summed E-state index contributed by atoms with van der Waals surface area (Å²) in [6.45, 7) is 14.8. The molecule has 1 N–H and O–H groups in total. The van der Waals surface area contributed by atoms with Gasteiger partial charge in [-0.3, -0.25) is 4.79 Å². The van der Waals surface area contributed by atoms with Crippen LogP contribution in [0.1, 0.15) is 79.7 Å². The molecule has 0 atom stereocenters. The van der Waals surface area contributed by atoms with Gasteiger partial charge in [-0.15, -0.1) is 12.1 Å². The molecular formula is C36H43IrN2O3-. The van der Waals surface area contributed by atoms with E-state index in [1.807, 2.05) is 52.1 Å². The number of ether oxygens (including phenoxy) is 1. The van der Waals surface area contributed by atoms with E-state index in [1.54, 1.807) is 6.20 Å². The molecule has 1 radical (unpaired) electrons. The SMILES string of the molecule is CC(C)(C)Cc1cc2c3c(nccc3c1)-c1[c-]cc3ncccc3c1O2.CCC(CC)C(=O)/C=C(\O)C(CC)CC.[Ir]. The van der Waals surface area contributed by atoms with Crippen molar-refractivity contribution in [2.45, 2.75) is 80.6 Å². The number of hydrogen-bond acceptors (Lipinski definition) is 5. The molecule has 225 valence electrons. The summed E-state index contributed by atoms with van der Waals surface area (Å²) in [7, 11) is 0. The Labute approximate surface area is 264 Å². The van der Waals surface area contributed by atoms with Gasteiger partial charge in [0.1, 0.15) is 5.75 Å². The summed E-state index contributed by atoms with van der Waals surface area (Å²) in [5.74, 6) is 2.23. The van der Waals surface area contributed by atoms with Crippen molar-refractivity contribution in [2.75, 3.05) is 0 Å². The second-order valence-electron chi connectivity index (χ2n) is 12.1. The van der Waals surface area contributed by atoms with Crippen LogP contribution in [-0.2, 0) is 31.3 Å². The maximum atomic E-state index is 11.7. The second kappa shape index (κ2) is 14.4. The van der Waals surface area contributed by atoms with Gasteiger partial charge >= 0.3 is 0 Å². The number of carbonyl (C=O) groups excluding carboxylic acids is 1. The van der Waals surface area contributed by atoms with Gasteiger partial charge in [0.2, 0.25) is 0 Å². The van der Waals surface area contributed by atoms with Crippen molar-refractivity contribution in [3.8, 4) is 22.8 Å². The molecule has 0 spiro atoms. The number of nitrogens with zero attached hydrogens (tertiary/aromatic N) is 2. The Morgan fingerprint density at radius 1 is 1.00 bits per heavy atom. The maximum absolute atomic E-state index is 11.7. The summed E-state index contributed by atoms with van der Waals surface area (Å²) in [4.78, 5) is 20.8. The molecule has 2 aromatic carbocycles. The van der Waals surface area contributed by atoms with Crippen molar-refractivity contribution >= 4 is 27.5 Å². The van der Waals surface area contributed by atoms with Crippen molar-refractivity contribution < 1.29 is 34.7 Å². The number of benzene rings is 2. The first-order valence-corrected chi connectivity index (χ1v) is 14.9. The predicted octanol–water partition coefficient (Wildman–Crippen LogP) is 9.81. The number of fused-ring (bicyclic) bond motifs is 4. The fraction of sp³-hybridized carbons (Fsp3) is 0.417. The first-order chi connectivity index (χ1) is 19.6. The quantitative estimate of drug-likeness (QED) is 0.0974. The van der Waals surface area contributed by atoms with Crippen LogP contribution in [0.3, 0.4) is 0 Å². The topological polar surface area (TPSA) is 72.3 Å². The van der Waals surface area contributed by atoms with Crippen LogP contribution in [0.5, 0.6) is 11.5 Å². The molecule has 0 unspecified atom stereocenters. The van der Waals surface area contributed by atoms with E-state index in [9.17, 15) is 9.90 Å². The molecule has 42 heavy (non-hydrogen) atoms. The predicted molar refractivity (Wildman–Crippen MR) is 168 cm³/mol. The zero-order chi connectivity index (χ0) is 29.7. The smallest absolute Gasteiger partial charge is 0.162 e. The summed E-state index contributed by atoms with van der Waals surface area (Å²) < 4.78 is 6.41. The van der Waals surface area contributed by atoms with E-state index in [0.717, 1.165) is 76.5 Å². The molecule has 4 aromatic rings. The van der Waals surface area contributed by atoms with Gasteiger partial charge < -0.3 is 19.8 Å². The van der Waals surface area contributed by atoms with Gasteiger partial charge in [-0.05, 0) is 77.6 Å². The van der Waals surface area contributed by atoms with Crippen molar-refractivity contribution in [1.29, 1.82) is 0 Å². The van der Waals surface area contributed by atoms with Gasteiger partial charge in [-0.1, -0.05) is 66.2 Å². The van der Waals surface area contributed by atoms with Crippen LogP contribution in [0.15, 0.2) is 60.6 Å². The van der Waals surface area contributed by atoms with Crippen LogP contribution in [0.25, 0.3) is 32.9 Å². The molecule has 0 bridgehead atoms. The van der Waals surface area contributed by atoms with Gasteiger partial charge in [0.25, 0.3) is 0 Å². The van der Waals surface area contributed by atoms with E-state index in [1.165, 1.54) is 11.6 Å². The fourth-order valence-corrected chi connectivity index (χ4v) is 5.56. The largest absolute Gasteiger partial charge is 0.512 e. The summed E-state index contributed by atoms with van der Waals surface area (Å²) in [5.41, 5.74) is 4.22. The normalized spacial score (nSPS) is 12.5. The summed E-state index contributed by atoms with van der Waals surface area (Å²) in [6.07, 6.45) is 9.56. The van der Waals surface area contributed by atoms with Gasteiger partial charge in [0, 0.05) is 61.5 Å². The fourth-order valence-electron chi connectivity index (χ4n) is 5.56. The number of hydrogen-bond donors (Lipinski definition) is 1. The van der Waals surface area contributed by atoms with E-state index >= 15 is 0 Å². The average molecular weight is 744 g/mol. The minimum absolute atomic E-state index is 0. The third-order valence-electron chi connectivity index (χ3n) is 7.82. The zero-order valence-corrected chi connectivity index (χ0v) is 28.3. The Kier molecular flexibility index (Phi) is 11.5. The summed E-state index contributed by atoms with van der Waals surface area (Å²) >= 11 is 0. The van der Waals surface area contributed by atoms with Crippen molar-refractivity contribution in [3.05, 3.63) is 72.3 Å². The molecule has 2 aromatic heterocycles. The Balaban J connectivity index is 0.000000263. The number of allylic oxidation sites excluding steroid dienone is 2. The average Bonchev–Trinajstić information content (AvgIpc) is 2.94. The van der Waals surface area contributed by atoms with Gasteiger partial charge in [0.15, 0.2) is 5.78 Å². The molecule has 5 nitrogen and oxygen atoms in total. The monoisotopic (exact) mass is 744 g/mol. The first-order valence-electron chi connectivity index (χ1n) is 14.9. The molecule has 6 heteroatoms. The third-order valence-corrected chi connectivity index (χ3v) is 7.82. The number of rotatable bonds is 8. The van der Waals surface area contributed by atoms with Crippen molar-refractivity contribution in [3.63, 3.8) is 0 Å². The van der Waals surface area contributed by atoms with E-state index < -0.39 is 0 Å². The molecule has 0 fully saturated rings. The summed E-state index contributed by atoms with van der Waals surface area (Å²) in [6, 6.07) is 15.7. The minimum Gasteiger partial charge on any atom is -0.512 e. The van der Waals surface area contributed by atoms with Gasteiger partial charge in [-0.2, -0.15) is 0 Å². The molecular weight excluding hydrogens is 701 g/mol. The molecule has 1 aliphatic rings. The third kappa shape index (κ3) is 7.46. The van der Waals surface area contributed by atoms with Crippen LogP contribution in [0, 0.1) is 23.3 Å². The van der Waals surface area contributed by atoms with E-state index in [2.05, 4.69) is 55.0 Å². The molecule has 5 rings (SSSR count). The number of pyridine rings is 2. The van der Waals surface area contributed by atoms with Crippen molar-refractivity contribution in [2.24, 2.45) is 17.3 Å². The molecule has 0 saturated carbocycles. The maximum Gasteiger partial charge on any atom is 0.162 e. The van der Waals surface area contributed by atoms with Crippen LogP contribution < -0.4 is 4.74 Å². The number of aliphatic hydroxyl groups is 1. The van der Waals surface area contributed by atoms with E-state index in [0.29, 0.717) is 0 Å². The molecule has 1 aliphatic heterocycles. The number of aliphatic hydroxyl groups excluding tert-OH is 1. The van der Waals surface area contributed by atoms with Crippen molar-refractivity contribution in [1.82, 2.24) is 9.97 Å². The first kappa shape index (κ1) is 33.4. The zero-order valence-electron chi connectivity index (χ0n) is 25.9. The Morgan fingerprint density at radius 2 is 1.69 bits per heavy atom. The van der Waals surface area contributed by atoms with Crippen LogP contribution in [0.4, 0.5) is 0 Å². The van der Waals surface area contributed by atoms with Gasteiger partial charge in [0.05, 0.1) is 11.5 Å². The second-order valence-corrected chi connectivity index (χ2v) is 12.1. The molecule has 0 saturated heterocycles. The molecule has 0 aliphatic carbocycles. The number of carbonyl (C=O) groups is 1. The molecule has 3 heterocycles. The van der Waals surface area contributed by atoms with Crippen LogP contribution >= 0.6 is 0 Å². The van der Waals surface area contributed by atoms with Crippen LogP contribution in [-0.4, -0.2) is 20.9 Å². The number of ketones is 1. The minimum atomic E-state index is 0. The standard InChI is InChI=1S/C23H19N2O.C13H24O2.Ir/c1-23(2,3)13-14-11-15-8-10-25-21-17-6-7-18-16(5-4-9-24-18)22(17)26-19(12-14)20(15)21;1-5-10(6-2)12(14)9-13(15)11(7-3)8-4;/h4-5,7-12H,13H2,1-3H3;9-11,14H,5-8H2,1-4H3;/q-1;;/b;12-9-;. The Hall–Kier alpha value is -3.08. The molecule has 0 amide bonds. The Bertz CT molecular complexity index is 1560. The van der Waals surface area contributed by atoms with E-state index in [4.69, 9.17) is 4.74 Å². The van der Waals surface area contributed by atoms with Gasteiger partial charge in [-0.25, -0.2) is 0 Å².